The zero-order chi connectivity index (χ0) is 9.45. The van der Waals surface area contributed by atoms with E-state index in [0.29, 0.717) is 19.8 Å². The summed E-state index contributed by atoms with van der Waals surface area (Å²) in [6.45, 7) is 3.00. The minimum Gasteiger partial charge on any atom is -0.396 e. The summed E-state index contributed by atoms with van der Waals surface area (Å²) in [6.07, 6.45) is 0. The first-order valence-electron chi connectivity index (χ1n) is 3.97. The van der Waals surface area contributed by atoms with Crippen LogP contribution >= 0.6 is 0 Å². The molecule has 74 valence electrons. The lowest BCUT2D eigenvalue weighted by atomic mass is 9.95. The van der Waals surface area contributed by atoms with Crippen molar-refractivity contribution in [2.75, 3.05) is 40.1 Å². The Morgan fingerprint density at radius 1 is 1.17 bits per heavy atom. The van der Waals surface area contributed by atoms with Gasteiger partial charge in [0.25, 0.3) is 0 Å². The molecular weight excluding hydrogens is 160 g/mol. The van der Waals surface area contributed by atoms with Crippen LogP contribution in [0.3, 0.4) is 0 Å². The molecule has 0 aliphatic heterocycles. The second kappa shape index (κ2) is 6.37. The van der Waals surface area contributed by atoms with Gasteiger partial charge in [0.05, 0.1) is 33.0 Å². The molecule has 0 saturated heterocycles. The molecular formula is C8H18O4. The third kappa shape index (κ3) is 4.66. The van der Waals surface area contributed by atoms with Crippen molar-refractivity contribution >= 4 is 0 Å². The summed E-state index contributed by atoms with van der Waals surface area (Å²) in [4.78, 5) is 0. The molecule has 12 heavy (non-hydrogen) atoms. The molecule has 0 rings (SSSR count). The Morgan fingerprint density at radius 2 is 1.75 bits per heavy atom. The SMILES string of the molecule is COCCOCC(C)(CO)CO. The summed E-state index contributed by atoms with van der Waals surface area (Å²) in [5, 5.41) is 17.7. The number of aliphatic hydroxyl groups excluding tert-OH is 2. The minimum absolute atomic E-state index is 0.0729. The van der Waals surface area contributed by atoms with Crippen molar-refractivity contribution in [2.45, 2.75) is 6.92 Å². The maximum Gasteiger partial charge on any atom is 0.0700 e. The third-order valence-electron chi connectivity index (χ3n) is 1.65. The Morgan fingerprint density at radius 3 is 2.17 bits per heavy atom. The maximum absolute atomic E-state index is 8.87. The third-order valence-corrected chi connectivity index (χ3v) is 1.65. The molecule has 4 nitrogen and oxygen atoms in total. The topological polar surface area (TPSA) is 58.9 Å². The summed E-state index contributed by atoms with van der Waals surface area (Å²) in [7, 11) is 1.60. The molecule has 0 aliphatic carbocycles. The van der Waals surface area contributed by atoms with E-state index in [9.17, 15) is 0 Å². The highest BCUT2D eigenvalue weighted by atomic mass is 16.5. The van der Waals surface area contributed by atoms with Crippen LogP contribution in [0.15, 0.2) is 0 Å². The fourth-order valence-electron chi connectivity index (χ4n) is 0.602. The molecule has 0 bridgehead atoms. The van der Waals surface area contributed by atoms with Crippen molar-refractivity contribution in [3.8, 4) is 0 Å². The molecule has 0 aliphatic rings. The molecule has 2 N–H and O–H groups in total. The van der Waals surface area contributed by atoms with Crippen molar-refractivity contribution in [1.82, 2.24) is 0 Å². The molecule has 0 saturated carbocycles. The Hall–Kier alpha value is -0.160. The molecule has 0 aromatic heterocycles. The molecule has 0 aromatic rings. The number of ether oxygens (including phenoxy) is 2. The molecule has 0 unspecified atom stereocenters. The van der Waals surface area contributed by atoms with E-state index in [0.717, 1.165) is 0 Å². The first kappa shape index (κ1) is 11.8. The highest BCUT2D eigenvalue weighted by molar-refractivity contribution is 4.70. The Balaban J connectivity index is 3.45. The lowest BCUT2D eigenvalue weighted by Crippen LogP contribution is -2.32. The van der Waals surface area contributed by atoms with Gasteiger partial charge in [-0.15, -0.1) is 0 Å². The van der Waals surface area contributed by atoms with Gasteiger partial charge in [0, 0.05) is 12.5 Å². The highest BCUT2D eigenvalue weighted by Gasteiger charge is 2.22. The van der Waals surface area contributed by atoms with Gasteiger partial charge in [-0.05, 0) is 0 Å². The zero-order valence-electron chi connectivity index (χ0n) is 7.75. The van der Waals surface area contributed by atoms with E-state index >= 15 is 0 Å². The van der Waals surface area contributed by atoms with Crippen LogP contribution < -0.4 is 0 Å². The predicted octanol–water partition coefficient (Wildman–Crippen LogP) is -0.360. The highest BCUT2D eigenvalue weighted by Crippen LogP contribution is 2.13. The Kier molecular flexibility index (Phi) is 6.28. The van der Waals surface area contributed by atoms with Gasteiger partial charge in [0.15, 0.2) is 0 Å². The van der Waals surface area contributed by atoms with Crippen molar-refractivity contribution in [2.24, 2.45) is 5.41 Å². The van der Waals surface area contributed by atoms with E-state index in [1.165, 1.54) is 0 Å². The van der Waals surface area contributed by atoms with Crippen LogP contribution in [0.25, 0.3) is 0 Å². The number of rotatable bonds is 7. The zero-order valence-corrected chi connectivity index (χ0v) is 7.75. The maximum atomic E-state index is 8.87. The largest absolute Gasteiger partial charge is 0.396 e. The van der Waals surface area contributed by atoms with Gasteiger partial charge in [-0.1, -0.05) is 6.92 Å². The van der Waals surface area contributed by atoms with Crippen LogP contribution in [0.2, 0.25) is 0 Å². The van der Waals surface area contributed by atoms with Gasteiger partial charge in [0.2, 0.25) is 0 Å². The molecule has 4 heteroatoms. The number of hydrogen-bond acceptors (Lipinski definition) is 4. The Labute approximate surface area is 73.1 Å². The van der Waals surface area contributed by atoms with Gasteiger partial charge in [-0.2, -0.15) is 0 Å². The lowest BCUT2D eigenvalue weighted by Gasteiger charge is -2.23. The monoisotopic (exact) mass is 178 g/mol. The van der Waals surface area contributed by atoms with Crippen LogP contribution in [0, 0.1) is 5.41 Å². The molecule has 0 heterocycles. The van der Waals surface area contributed by atoms with Crippen LogP contribution in [0.5, 0.6) is 0 Å². The molecule has 0 amide bonds. The predicted molar refractivity (Wildman–Crippen MR) is 45.0 cm³/mol. The van der Waals surface area contributed by atoms with E-state index in [-0.39, 0.29) is 13.2 Å². The van der Waals surface area contributed by atoms with Gasteiger partial charge in [-0.25, -0.2) is 0 Å². The van der Waals surface area contributed by atoms with Gasteiger partial charge >= 0.3 is 0 Å². The molecule has 0 aromatic carbocycles. The average molecular weight is 178 g/mol. The lowest BCUT2D eigenvalue weighted by molar-refractivity contribution is -0.0282. The van der Waals surface area contributed by atoms with E-state index in [1.54, 1.807) is 14.0 Å². The summed E-state index contributed by atoms with van der Waals surface area (Å²) in [5.74, 6) is 0. The van der Waals surface area contributed by atoms with Crippen LogP contribution in [-0.2, 0) is 9.47 Å². The second-order valence-electron chi connectivity index (χ2n) is 3.17. The van der Waals surface area contributed by atoms with Crippen molar-refractivity contribution in [1.29, 1.82) is 0 Å². The van der Waals surface area contributed by atoms with Gasteiger partial charge in [-0.3, -0.25) is 0 Å². The quantitative estimate of drug-likeness (QED) is 0.523. The smallest absolute Gasteiger partial charge is 0.0700 e. The number of methoxy groups -OCH3 is 1. The van der Waals surface area contributed by atoms with Gasteiger partial charge < -0.3 is 19.7 Å². The van der Waals surface area contributed by atoms with Crippen molar-refractivity contribution in [3.63, 3.8) is 0 Å². The fraction of sp³-hybridized carbons (Fsp3) is 1.00. The fourth-order valence-corrected chi connectivity index (χ4v) is 0.602. The van der Waals surface area contributed by atoms with Gasteiger partial charge in [0.1, 0.15) is 0 Å². The van der Waals surface area contributed by atoms with Crippen molar-refractivity contribution < 1.29 is 19.7 Å². The van der Waals surface area contributed by atoms with Crippen molar-refractivity contribution in [3.05, 3.63) is 0 Å². The van der Waals surface area contributed by atoms with Crippen LogP contribution in [-0.4, -0.2) is 50.4 Å². The first-order chi connectivity index (χ1) is 5.68. The molecule has 0 atom stereocenters. The summed E-state index contributed by atoms with van der Waals surface area (Å²) in [5.41, 5.74) is -0.534. The number of hydrogen-bond donors (Lipinski definition) is 2. The molecule has 0 fully saturated rings. The Bertz CT molecular complexity index is 101. The summed E-state index contributed by atoms with van der Waals surface area (Å²) in [6, 6.07) is 0. The van der Waals surface area contributed by atoms with E-state index < -0.39 is 5.41 Å². The normalized spacial score (nSPS) is 12.0. The van der Waals surface area contributed by atoms with E-state index in [1.807, 2.05) is 0 Å². The van der Waals surface area contributed by atoms with Crippen LogP contribution in [0.4, 0.5) is 0 Å². The molecule has 0 spiro atoms. The van der Waals surface area contributed by atoms with E-state index in [2.05, 4.69) is 0 Å². The standard InChI is InChI=1S/C8H18O4/c1-8(5-9,6-10)7-12-4-3-11-2/h9-10H,3-7H2,1-2H3. The summed E-state index contributed by atoms with van der Waals surface area (Å²) < 4.78 is 9.95. The average Bonchev–Trinajstić information content (AvgIpc) is 2.12. The second-order valence-corrected chi connectivity index (χ2v) is 3.17. The van der Waals surface area contributed by atoms with Crippen LogP contribution in [0.1, 0.15) is 6.92 Å². The van der Waals surface area contributed by atoms with E-state index in [4.69, 9.17) is 19.7 Å². The number of aliphatic hydroxyl groups is 2. The summed E-state index contributed by atoms with van der Waals surface area (Å²) >= 11 is 0. The first-order valence-corrected chi connectivity index (χ1v) is 3.97. The minimum atomic E-state index is -0.534. The molecule has 0 radical (unpaired) electrons.